The first-order chi connectivity index (χ1) is 6.61. The Morgan fingerprint density at radius 1 is 1.21 bits per heavy atom. The topological polar surface area (TPSA) is 92.7 Å². The number of carboxylic acid groups (broad SMARTS) is 1. The maximum Gasteiger partial charge on any atom is 0.382 e. The Morgan fingerprint density at radius 2 is 1.79 bits per heavy atom. The van der Waals surface area contributed by atoms with Crippen LogP contribution in [0.15, 0.2) is 0 Å². The highest BCUT2D eigenvalue weighted by atomic mass is 16.5. The predicted octanol–water partition coefficient (Wildman–Crippen LogP) is -1.60. The largest absolute Gasteiger partial charge is 0.475 e. The molecule has 6 heteroatoms. The molecule has 2 rings (SSSR count). The highest BCUT2D eigenvalue weighted by molar-refractivity contribution is 6.61. The quantitative estimate of drug-likeness (QED) is 0.422. The van der Waals surface area contributed by atoms with Crippen LogP contribution in [0.1, 0.15) is 0 Å². The number of hydrogen-bond donors (Lipinski definition) is 2. The lowest BCUT2D eigenvalue weighted by atomic mass is 10.3. The van der Waals surface area contributed by atoms with Gasteiger partial charge in [-0.05, 0) is 0 Å². The molecule has 14 heavy (non-hydrogen) atoms. The average Bonchev–Trinajstić information content (AvgIpc) is 2.63. The van der Waals surface area contributed by atoms with Gasteiger partial charge in [-0.25, -0.2) is 4.79 Å². The first-order valence-corrected chi connectivity index (χ1v) is 4.27. The van der Waals surface area contributed by atoms with Crippen molar-refractivity contribution < 1.29 is 24.2 Å². The van der Waals surface area contributed by atoms with Crippen molar-refractivity contribution in [3.63, 3.8) is 0 Å². The van der Waals surface area contributed by atoms with Gasteiger partial charge in [0.2, 0.25) is 0 Å². The molecule has 0 radical (unpaired) electrons. The van der Waals surface area contributed by atoms with Crippen molar-refractivity contribution in [3.8, 4) is 0 Å². The summed E-state index contributed by atoms with van der Waals surface area (Å²) in [6.07, 6.45) is 0. The molecule has 2 N–H and O–H groups in total. The summed E-state index contributed by atoms with van der Waals surface area (Å²) in [5, 5.41) is 10.6. The van der Waals surface area contributed by atoms with Gasteiger partial charge in [0.05, 0.1) is 13.2 Å². The van der Waals surface area contributed by atoms with E-state index in [0.717, 1.165) is 0 Å². The molecule has 0 bridgehead atoms. The lowest BCUT2D eigenvalue weighted by molar-refractivity contribution is -0.153. The molecular weight excluding hydrogens is 190 g/mol. The number of Topliss-reactive ketones (excluding diaryl/α,β-unsaturated/α-hetero) is 1. The zero-order valence-corrected chi connectivity index (χ0v) is 7.23. The number of ketones is 1. The van der Waals surface area contributed by atoms with E-state index in [0.29, 0.717) is 13.2 Å². The van der Waals surface area contributed by atoms with Gasteiger partial charge in [-0.1, -0.05) is 0 Å². The van der Waals surface area contributed by atoms with Crippen molar-refractivity contribution in [3.05, 3.63) is 0 Å². The minimum absolute atomic E-state index is 0.0699. The van der Waals surface area contributed by atoms with Gasteiger partial charge in [0.1, 0.15) is 0 Å². The van der Waals surface area contributed by atoms with Crippen LogP contribution in [0.3, 0.4) is 0 Å². The molecule has 1 aliphatic carbocycles. The molecule has 1 saturated heterocycles. The fourth-order valence-electron chi connectivity index (χ4n) is 1.77. The van der Waals surface area contributed by atoms with E-state index < -0.39 is 17.7 Å². The Hall–Kier alpha value is -1.43. The van der Waals surface area contributed by atoms with Gasteiger partial charge in [-0.3, -0.25) is 9.59 Å². The van der Waals surface area contributed by atoms with Gasteiger partial charge in [0.15, 0.2) is 0 Å². The van der Waals surface area contributed by atoms with E-state index in [9.17, 15) is 14.4 Å². The minimum Gasteiger partial charge on any atom is -0.475 e. The summed E-state index contributed by atoms with van der Waals surface area (Å²) >= 11 is 0. The Bertz CT molecular complexity index is 303. The number of rotatable bonds is 3. The maximum absolute atomic E-state index is 11.0. The molecule has 1 amide bonds. The average molecular weight is 199 g/mol. The van der Waals surface area contributed by atoms with Crippen molar-refractivity contribution in [2.75, 3.05) is 13.2 Å². The van der Waals surface area contributed by atoms with E-state index in [4.69, 9.17) is 9.84 Å². The second kappa shape index (κ2) is 3.06. The normalized spacial score (nSPS) is 33.3. The van der Waals surface area contributed by atoms with E-state index in [2.05, 4.69) is 5.32 Å². The number of amides is 1. The molecule has 3 atom stereocenters. The molecule has 1 heterocycles. The zero-order valence-electron chi connectivity index (χ0n) is 7.23. The number of hydrogen-bond acceptors (Lipinski definition) is 4. The van der Waals surface area contributed by atoms with Crippen molar-refractivity contribution in [2.45, 2.75) is 6.04 Å². The molecule has 1 aliphatic heterocycles. The number of ether oxygens (including phenoxy) is 1. The summed E-state index contributed by atoms with van der Waals surface area (Å²) in [7, 11) is 0. The van der Waals surface area contributed by atoms with Crippen LogP contribution in [0.4, 0.5) is 0 Å². The van der Waals surface area contributed by atoms with Crippen LogP contribution in [-0.4, -0.2) is 42.0 Å². The number of fused-ring (bicyclic) bond motifs is 1. The van der Waals surface area contributed by atoms with Gasteiger partial charge in [-0.15, -0.1) is 0 Å². The Balaban J connectivity index is 1.85. The van der Waals surface area contributed by atoms with Crippen LogP contribution >= 0.6 is 0 Å². The fraction of sp³-hybridized carbons (Fsp3) is 0.625. The molecule has 0 aromatic carbocycles. The Labute approximate surface area is 79.2 Å². The highest BCUT2D eigenvalue weighted by Crippen LogP contribution is 2.43. The number of carbonyl (C=O) groups excluding carboxylic acids is 2. The Morgan fingerprint density at radius 3 is 2.29 bits per heavy atom. The van der Waals surface area contributed by atoms with Gasteiger partial charge in [0, 0.05) is 17.9 Å². The molecular formula is C8H9NO5. The van der Waals surface area contributed by atoms with Gasteiger partial charge in [-0.2, -0.15) is 0 Å². The van der Waals surface area contributed by atoms with Gasteiger partial charge >= 0.3 is 11.8 Å². The zero-order chi connectivity index (χ0) is 10.3. The van der Waals surface area contributed by atoms with E-state index in [1.165, 1.54) is 0 Å². The monoisotopic (exact) mass is 199 g/mol. The molecule has 1 unspecified atom stereocenters. The SMILES string of the molecule is O=C(O)C(=O)C(=O)NC1[C@H]2COC[C@@H]12. The number of aliphatic carboxylic acids is 1. The number of carboxylic acids is 1. The molecule has 0 aromatic rings. The third-order valence-corrected chi connectivity index (χ3v) is 2.65. The number of carbonyl (C=O) groups is 3. The molecule has 2 aliphatic rings. The minimum atomic E-state index is -1.72. The summed E-state index contributed by atoms with van der Waals surface area (Å²) in [6, 6.07) is -0.0699. The third kappa shape index (κ3) is 1.37. The van der Waals surface area contributed by atoms with Gasteiger partial charge < -0.3 is 15.2 Å². The standard InChI is InChI=1S/C8H9NO5/c10-6(8(12)13)7(11)9-5-3-1-14-2-4(3)5/h3-5H,1-2H2,(H,9,11)(H,12,13)/t3-,4+,5?. The van der Waals surface area contributed by atoms with Crippen molar-refractivity contribution in [2.24, 2.45) is 11.8 Å². The molecule has 0 aromatic heterocycles. The van der Waals surface area contributed by atoms with Crippen LogP contribution in [0.5, 0.6) is 0 Å². The van der Waals surface area contributed by atoms with E-state index in [1.54, 1.807) is 0 Å². The lowest BCUT2D eigenvalue weighted by Gasteiger charge is -2.04. The van der Waals surface area contributed by atoms with Gasteiger partial charge in [0.25, 0.3) is 5.91 Å². The number of nitrogens with one attached hydrogen (secondary N) is 1. The second-order valence-electron chi connectivity index (χ2n) is 3.50. The highest BCUT2D eigenvalue weighted by Gasteiger charge is 2.55. The van der Waals surface area contributed by atoms with Crippen LogP contribution < -0.4 is 5.32 Å². The van der Waals surface area contributed by atoms with Crippen molar-refractivity contribution in [1.29, 1.82) is 0 Å². The van der Waals surface area contributed by atoms with Crippen molar-refractivity contribution >= 4 is 17.7 Å². The third-order valence-electron chi connectivity index (χ3n) is 2.65. The first kappa shape index (κ1) is 9.14. The maximum atomic E-state index is 11.0. The molecule has 76 valence electrons. The molecule has 6 nitrogen and oxygen atoms in total. The Kier molecular flexibility index (Phi) is 1.99. The summed E-state index contributed by atoms with van der Waals surface area (Å²) in [6.45, 7) is 1.16. The second-order valence-corrected chi connectivity index (χ2v) is 3.50. The van der Waals surface area contributed by atoms with Crippen LogP contribution in [0.2, 0.25) is 0 Å². The van der Waals surface area contributed by atoms with Crippen LogP contribution in [0, 0.1) is 11.8 Å². The van der Waals surface area contributed by atoms with Crippen LogP contribution in [-0.2, 0) is 19.1 Å². The van der Waals surface area contributed by atoms with Crippen LogP contribution in [0.25, 0.3) is 0 Å². The molecule has 1 saturated carbocycles. The fourth-order valence-corrected chi connectivity index (χ4v) is 1.77. The summed E-state index contributed by atoms with van der Waals surface area (Å²) < 4.78 is 5.07. The summed E-state index contributed by atoms with van der Waals surface area (Å²) in [4.78, 5) is 31.8. The first-order valence-electron chi connectivity index (χ1n) is 4.27. The van der Waals surface area contributed by atoms with E-state index >= 15 is 0 Å². The summed E-state index contributed by atoms with van der Waals surface area (Å²) in [5.74, 6) is -3.63. The van der Waals surface area contributed by atoms with E-state index in [-0.39, 0.29) is 17.9 Å². The molecule has 0 spiro atoms. The lowest BCUT2D eigenvalue weighted by Crippen LogP contribution is -2.38. The predicted molar refractivity (Wildman–Crippen MR) is 42.4 cm³/mol. The smallest absolute Gasteiger partial charge is 0.382 e. The van der Waals surface area contributed by atoms with E-state index in [1.807, 2.05) is 0 Å². The molecule has 2 fully saturated rings. The summed E-state index contributed by atoms with van der Waals surface area (Å²) in [5.41, 5.74) is 0. The van der Waals surface area contributed by atoms with Crippen molar-refractivity contribution in [1.82, 2.24) is 5.32 Å².